The second kappa shape index (κ2) is 8.35. The van der Waals surface area contributed by atoms with Gasteiger partial charge in [-0.3, -0.25) is 10.1 Å². The molecule has 7 heteroatoms. The minimum atomic E-state index is 0.591. The largest absolute Gasteiger partial charge is 0.493 e. The van der Waals surface area contributed by atoms with Crippen LogP contribution in [-0.4, -0.2) is 36.5 Å². The number of aromatic amines is 1. The van der Waals surface area contributed by atoms with Crippen LogP contribution in [0.1, 0.15) is 11.1 Å². The van der Waals surface area contributed by atoms with Crippen molar-refractivity contribution in [2.45, 2.75) is 13.1 Å². The highest BCUT2D eigenvalue weighted by Gasteiger charge is 2.15. The number of methoxy groups -OCH3 is 3. The van der Waals surface area contributed by atoms with Gasteiger partial charge in [0.1, 0.15) is 0 Å². The van der Waals surface area contributed by atoms with Gasteiger partial charge in [-0.1, -0.05) is 6.07 Å². The van der Waals surface area contributed by atoms with Gasteiger partial charge in [0.25, 0.3) is 0 Å². The summed E-state index contributed by atoms with van der Waals surface area (Å²) >= 11 is 0. The minimum Gasteiger partial charge on any atom is -0.493 e. The van der Waals surface area contributed by atoms with Crippen molar-refractivity contribution in [3.63, 3.8) is 0 Å². The molecule has 0 aliphatic carbocycles. The lowest BCUT2D eigenvalue weighted by Gasteiger charge is -2.16. The smallest absolute Gasteiger partial charge is 0.203 e. The molecule has 0 saturated heterocycles. The molecule has 0 atom stereocenters. The first-order valence-electron chi connectivity index (χ1n) is 8.19. The summed E-state index contributed by atoms with van der Waals surface area (Å²) in [6, 6.07) is 7.74. The normalized spacial score (nSPS) is 10.6. The van der Waals surface area contributed by atoms with Crippen LogP contribution >= 0.6 is 0 Å². The summed E-state index contributed by atoms with van der Waals surface area (Å²) in [5.41, 5.74) is 4.02. The SMILES string of the molecule is COc1ccc(CNCc2cn[nH]c2-c2cccnc2)c(OC)c1OC. The fraction of sp³-hybridized carbons (Fsp3) is 0.263. The predicted molar refractivity (Wildman–Crippen MR) is 98.5 cm³/mol. The molecule has 0 unspecified atom stereocenters. The summed E-state index contributed by atoms with van der Waals surface area (Å²) in [5.74, 6) is 1.90. The van der Waals surface area contributed by atoms with Crippen molar-refractivity contribution in [2.24, 2.45) is 0 Å². The highest BCUT2D eigenvalue weighted by Crippen LogP contribution is 2.39. The maximum absolute atomic E-state index is 5.52. The Balaban J connectivity index is 1.73. The standard InChI is InChI=1S/C19H22N4O3/c1-24-16-7-6-14(18(25-2)19(16)26-3)10-21-11-15-12-22-23-17(15)13-5-4-8-20-9-13/h4-9,12,21H,10-11H2,1-3H3,(H,22,23). The van der Waals surface area contributed by atoms with Gasteiger partial charge < -0.3 is 19.5 Å². The van der Waals surface area contributed by atoms with E-state index in [-0.39, 0.29) is 0 Å². The van der Waals surface area contributed by atoms with Crippen LogP contribution in [0.4, 0.5) is 0 Å². The van der Waals surface area contributed by atoms with Crippen LogP contribution in [0.15, 0.2) is 42.9 Å². The van der Waals surface area contributed by atoms with Gasteiger partial charge in [-0.25, -0.2) is 0 Å². The molecule has 0 saturated carbocycles. The fourth-order valence-corrected chi connectivity index (χ4v) is 2.84. The van der Waals surface area contributed by atoms with Crippen LogP contribution in [0.3, 0.4) is 0 Å². The van der Waals surface area contributed by atoms with E-state index in [2.05, 4.69) is 20.5 Å². The lowest BCUT2D eigenvalue weighted by Crippen LogP contribution is -2.14. The van der Waals surface area contributed by atoms with Crippen molar-refractivity contribution in [3.8, 4) is 28.5 Å². The number of rotatable bonds is 8. The Morgan fingerprint density at radius 3 is 2.42 bits per heavy atom. The van der Waals surface area contributed by atoms with E-state index >= 15 is 0 Å². The maximum Gasteiger partial charge on any atom is 0.203 e. The molecule has 2 aromatic heterocycles. The first kappa shape index (κ1) is 17.8. The molecule has 0 radical (unpaired) electrons. The molecule has 0 bridgehead atoms. The third-order valence-corrected chi connectivity index (χ3v) is 4.08. The van der Waals surface area contributed by atoms with Crippen LogP contribution in [0, 0.1) is 0 Å². The first-order valence-corrected chi connectivity index (χ1v) is 8.19. The summed E-state index contributed by atoms with van der Waals surface area (Å²) < 4.78 is 16.3. The molecule has 7 nitrogen and oxygen atoms in total. The number of H-pyrrole nitrogens is 1. The molecule has 0 aliphatic rings. The van der Waals surface area contributed by atoms with Crippen LogP contribution < -0.4 is 19.5 Å². The number of benzene rings is 1. The van der Waals surface area contributed by atoms with Gasteiger partial charge in [0, 0.05) is 42.2 Å². The quantitative estimate of drug-likeness (QED) is 0.647. The van der Waals surface area contributed by atoms with Crippen molar-refractivity contribution < 1.29 is 14.2 Å². The third kappa shape index (κ3) is 3.62. The molecular weight excluding hydrogens is 332 g/mol. The van der Waals surface area contributed by atoms with E-state index in [1.54, 1.807) is 27.5 Å². The molecule has 2 N–H and O–H groups in total. The van der Waals surface area contributed by atoms with Crippen LogP contribution in [-0.2, 0) is 13.1 Å². The zero-order valence-electron chi connectivity index (χ0n) is 15.1. The number of pyridine rings is 1. The molecule has 0 amide bonds. The second-order valence-corrected chi connectivity index (χ2v) is 5.61. The zero-order valence-corrected chi connectivity index (χ0v) is 15.1. The number of hydrogen-bond acceptors (Lipinski definition) is 6. The van der Waals surface area contributed by atoms with Gasteiger partial charge in [0.05, 0.1) is 33.2 Å². The van der Waals surface area contributed by atoms with E-state index in [0.29, 0.717) is 30.3 Å². The van der Waals surface area contributed by atoms with Gasteiger partial charge in [0.2, 0.25) is 5.75 Å². The second-order valence-electron chi connectivity index (χ2n) is 5.61. The molecule has 0 spiro atoms. The Morgan fingerprint density at radius 2 is 1.73 bits per heavy atom. The lowest BCUT2D eigenvalue weighted by molar-refractivity contribution is 0.321. The van der Waals surface area contributed by atoms with Gasteiger partial charge in [-0.15, -0.1) is 0 Å². The summed E-state index contributed by atoms with van der Waals surface area (Å²) in [4.78, 5) is 4.16. The lowest BCUT2D eigenvalue weighted by atomic mass is 10.1. The Hall–Kier alpha value is -3.06. The number of nitrogens with zero attached hydrogens (tertiary/aromatic N) is 2. The van der Waals surface area contributed by atoms with Crippen LogP contribution in [0.2, 0.25) is 0 Å². The van der Waals surface area contributed by atoms with Gasteiger partial charge >= 0.3 is 0 Å². The van der Waals surface area contributed by atoms with Crippen molar-refractivity contribution >= 4 is 0 Å². The zero-order chi connectivity index (χ0) is 18.4. The topological polar surface area (TPSA) is 81.3 Å². The third-order valence-electron chi connectivity index (χ3n) is 4.08. The molecule has 3 rings (SSSR count). The van der Waals surface area contributed by atoms with E-state index in [1.165, 1.54) is 0 Å². The van der Waals surface area contributed by atoms with Crippen molar-refractivity contribution in [2.75, 3.05) is 21.3 Å². The summed E-state index contributed by atoms with van der Waals surface area (Å²) in [7, 11) is 4.83. The number of nitrogens with one attached hydrogen (secondary N) is 2. The van der Waals surface area contributed by atoms with Crippen LogP contribution in [0.5, 0.6) is 17.2 Å². The van der Waals surface area contributed by atoms with Gasteiger partial charge in [-0.2, -0.15) is 5.10 Å². The van der Waals surface area contributed by atoms with E-state index < -0.39 is 0 Å². The fourth-order valence-electron chi connectivity index (χ4n) is 2.84. The Bertz CT molecular complexity index is 849. The molecule has 26 heavy (non-hydrogen) atoms. The highest BCUT2D eigenvalue weighted by molar-refractivity contribution is 5.61. The number of aromatic nitrogens is 3. The van der Waals surface area contributed by atoms with E-state index in [0.717, 1.165) is 22.4 Å². The molecule has 3 aromatic rings. The summed E-state index contributed by atoms with van der Waals surface area (Å²) in [6.45, 7) is 1.26. The Kier molecular flexibility index (Phi) is 5.70. The number of hydrogen-bond donors (Lipinski definition) is 2. The minimum absolute atomic E-state index is 0.591. The molecule has 136 valence electrons. The molecule has 1 aromatic carbocycles. The molecule has 0 aliphatic heterocycles. The Morgan fingerprint density at radius 1 is 0.923 bits per heavy atom. The first-order chi connectivity index (χ1) is 12.8. The van der Waals surface area contributed by atoms with E-state index in [9.17, 15) is 0 Å². The molecular formula is C19H22N4O3. The van der Waals surface area contributed by atoms with Crippen molar-refractivity contribution in [3.05, 3.63) is 54.0 Å². The van der Waals surface area contributed by atoms with Gasteiger partial charge in [-0.05, 0) is 18.2 Å². The molecule has 2 heterocycles. The molecule has 0 fully saturated rings. The van der Waals surface area contributed by atoms with E-state index in [1.807, 2.05) is 36.7 Å². The Labute approximate surface area is 152 Å². The average Bonchev–Trinajstić information content (AvgIpc) is 3.16. The van der Waals surface area contributed by atoms with E-state index in [4.69, 9.17) is 14.2 Å². The maximum atomic E-state index is 5.52. The average molecular weight is 354 g/mol. The summed E-state index contributed by atoms with van der Waals surface area (Å²) in [5, 5.41) is 10.6. The highest BCUT2D eigenvalue weighted by atomic mass is 16.5. The summed E-state index contributed by atoms with van der Waals surface area (Å²) in [6.07, 6.45) is 5.39. The monoisotopic (exact) mass is 354 g/mol. The predicted octanol–water partition coefficient (Wildman–Crippen LogP) is 2.79. The van der Waals surface area contributed by atoms with Crippen molar-refractivity contribution in [1.29, 1.82) is 0 Å². The van der Waals surface area contributed by atoms with Gasteiger partial charge in [0.15, 0.2) is 11.5 Å². The van der Waals surface area contributed by atoms with Crippen molar-refractivity contribution in [1.82, 2.24) is 20.5 Å². The van der Waals surface area contributed by atoms with Crippen LogP contribution in [0.25, 0.3) is 11.3 Å². The number of ether oxygens (including phenoxy) is 3.